The molecule has 0 aliphatic carbocycles. The van der Waals surface area contributed by atoms with E-state index in [9.17, 15) is 9.59 Å². The third kappa shape index (κ3) is 3.46. The topological polar surface area (TPSA) is 55.4 Å². The van der Waals surface area contributed by atoms with Crippen molar-refractivity contribution >= 4 is 73.8 Å². The lowest BCUT2D eigenvalue weighted by Gasteiger charge is -2.08. The maximum atomic E-state index is 12.7. The highest BCUT2D eigenvalue weighted by Crippen LogP contribution is 2.41. The minimum absolute atomic E-state index is 0.245. The Morgan fingerprint density at radius 3 is 2.56 bits per heavy atom. The number of hydrogen-bond acceptors (Lipinski definition) is 4. The Kier molecular flexibility index (Phi) is 5.20. The van der Waals surface area contributed by atoms with Gasteiger partial charge < -0.3 is 10.1 Å². The number of hydrogen-bond donors (Lipinski definition) is 1. The highest BCUT2D eigenvalue weighted by atomic mass is 35.5. The quantitative estimate of drug-likeness (QED) is 0.543. The minimum atomic E-state index is -0.548. The summed E-state index contributed by atoms with van der Waals surface area (Å²) in [4.78, 5) is 24.7. The number of ether oxygens (including phenoxy) is 1. The number of rotatable bonds is 3. The van der Waals surface area contributed by atoms with E-state index in [1.807, 2.05) is 0 Å². The average molecular weight is 415 g/mol. The molecule has 8 heteroatoms. The summed E-state index contributed by atoms with van der Waals surface area (Å²) in [5.41, 5.74) is 0.577. The zero-order chi connectivity index (χ0) is 18.1. The highest BCUT2D eigenvalue weighted by molar-refractivity contribution is 7.21. The number of halogens is 3. The molecule has 0 saturated heterocycles. The fourth-order valence-corrected chi connectivity index (χ4v) is 4.59. The van der Waals surface area contributed by atoms with Gasteiger partial charge in [-0.05, 0) is 24.3 Å². The van der Waals surface area contributed by atoms with Crippen molar-refractivity contribution in [2.75, 3.05) is 12.4 Å². The molecule has 2 aromatic carbocycles. The number of esters is 1. The molecule has 0 aliphatic heterocycles. The van der Waals surface area contributed by atoms with Crippen LogP contribution in [-0.4, -0.2) is 19.0 Å². The van der Waals surface area contributed by atoms with Crippen LogP contribution in [0.2, 0.25) is 15.1 Å². The van der Waals surface area contributed by atoms with Crippen molar-refractivity contribution < 1.29 is 14.3 Å². The van der Waals surface area contributed by atoms with Gasteiger partial charge in [-0.1, -0.05) is 46.9 Å². The van der Waals surface area contributed by atoms with Gasteiger partial charge in [0.25, 0.3) is 5.91 Å². The third-order valence-electron chi connectivity index (χ3n) is 3.44. The van der Waals surface area contributed by atoms with Gasteiger partial charge in [-0.3, -0.25) is 4.79 Å². The van der Waals surface area contributed by atoms with Crippen molar-refractivity contribution in [3.63, 3.8) is 0 Å². The summed E-state index contributed by atoms with van der Waals surface area (Å²) in [7, 11) is 1.27. The van der Waals surface area contributed by atoms with Gasteiger partial charge in [0.1, 0.15) is 4.88 Å². The van der Waals surface area contributed by atoms with Crippen LogP contribution in [0, 0.1) is 0 Å². The van der Waals surface area contributed by atoms with Gasteiger partial charge in [0.05, 0.1) is 28.4 Å². The molecule has 1 N–H and O–H groups in total. The second-order valence-corrected chi connectivity index (χ2v) is 7.27. The zero-order valence-electron chi connectivity index (χ0n) is 12.7. The molecule has 4 nitrogen and oxygen atoms in total. The maximum Gasteiger partial charge on any atom is 0.339 e. The van der Waals surface area contributed by atoms with Gasteiger partial charge in [-0.15, -0.1) is 11.3 Å². The van der Waals surface area contributed by atoms with Crippen LogP contribution in [0.1, 0.15) is 20.0 Å². The fourth-order valence-electron chi connectivity index (χ4n) is 2.32. The molecule has 3 rings (SSSR count). The Balaban J connectivity index is 2.01. The Labute approximate surface area is 162 Å². The largest absolute Gasteiger partial charge is 0.465 e. The van der Waals surface area contributed by atoms with Crippen molar-refractivity contribution in [2.45, 2.75) is 0 Å². The molecule has 0 fully saturated rings. The van der Waals surface area contributed by atoms with Crippen LogP contribution in [0.15, 0.2) is 36.4 Å². The van der Waals surface area contributed by atoms with Crippen molar-refractivity contribution in [2.24, 2.45) is 0 Å². The van der Waals surface area contributed by atoms with E-state index in [0.29, 0.717) is 25.8 Å². The predicted octanol–water partition coefficient (Wildman–Crippen LogP) is 5.90. The summed E-state index contributed by atoms with van der Waals surface area (Å²) < 4.78 is 5.42. The van der Waals surface area contributed by atoms with E-state index in [-0.39, 0.29) is 15.5 Å². The molecule has 0 aliphatic rings. The standard InChI is InChI=1S/C17H10Cl3NO3S/c1-24-17(23)9-4-2-3-5-11(9)21-16(22)15-14(20)13-10(19)6-8(18)7-12(13)25-15/h2-7H,1H3,(H,21,22). The van der Waals surface area contributed by atoms with Crippen molar-refractivity contribution in [3.05, 3.63) is 61.9 Å². The van der Waals surface area contributed by atoms with E-state index in [4.69, 9.17) is 39.5 Å². The number of carbonyl (C=O) groups is 2. The summed E-state index contributed by atoms with van der Waals surface area (Å²) in [6.07, 6.45) is 0. The molecule has 0 spiro atoms. The number of methoxy groups -OCH3 is 1. The lowest BCUT2D eigenvalue weighted by atomic mass is 10.1. The molecule has 1 heterocycles. The first-order chi connectivity index (χ1) is 11.9. The summed E-state index contributed by atoms with van der Waals surface area (Å²) in [6, 6.07) is 9.80. The molecule has 25 heavy (non-hydrogen) atoms. The number of thiophene rings is 1. The second kappa shape index (κ2) is 7.22. The molecule has 1 aromatic heterocycles. The second-order valence-electron chi connectivity index (χ2n) is 5.00. The molecule has 0 radical (unpaired) electrons. The van der Waals surface area contributed by atoms with Crippen LogP contribution < -0.4 is 5.32 Å². The van der Waals surface area contributed by atoms with Gasteiger partial charge in [-0.2, -0.15) is 0 Å². The fraction of sp³-hybridized carbons (Fsp3) is 0.0588. The van der Waals surface area contributed by atoms with Gasteiger partial charge in [0.15, 0.2) is 0 Å². The highest BCUT2D eigenvalue weighted by Gasteiger charge is 2.21. The third-order valence-corrected chi connectivity index (χ3v) is 5.58. The monoisotopic (exact) mass is 413 g/mol. The zero-order valence-corrected chi connectivity index (χ0v) is 15.8. The summed E-state index contributed by atoms with van der Waals surface area (Å²) in [5.74, 6) is -0.997. The van der Waals surface area contributed by atoms with E-state index in [1.165, 1.54) is 18.4 Å². The summed E-state index contributed by atoms with van der Waals surface area (Å²) >= 11 is 19.7. The predicted molar refractivity (Wildman–Crippen MR) is 103 cm³/mol. The normalized spacial score (nSPS) is 10.7. The van der Waals surface area contributed by atoms with Crippen LogP contribution in [0.4, 0.5) is 5.69 Å². The molecule has 128 valence electrons. The Bertz CT molecular complexity index is 1000. The van der Waals surface area contributed by atoms with Gasteiger partial charge in [-0.25, -0.2) is 4.79 Å². The van der Waals surface area contributed by atoms with Gasteiger partial charge >= 0.3 is 5.97 Å². The summed E-state index contributed by atoms with van der Waals surface area (Å²) in [6.45, 7) is 0. The minimum Gasteiger partial charge on any atom is -0.465 e. The van der Waals surface area contributed by atoms with Crippen molar-refractivity contribution in [3.8, 4) is 0 Å². The molecule has 0 atom stereocenters. The number of amides is 1. The number of fused-ring (bicyclic) bond motifs is 1. The van der Waals surface area contributed by atoms with Crippen molar-refractivity contribution in [1.82, 2.24) is 0 Å². The van der Waals surface area contributed by atoms with Crippen LogP contribution >= 0.6 is 46.1 Å². The van der Waals surface area contributed by atoms with Crippen LogP contribution in [-0.2, 0) is 4.74 Å². The van der Waals surface area contributed by atoms with Crippen LogP contribution in [0.5, 0.6) is 0 Å². The van der Waals surface area contributed by atoms with Crippen LogP contribution in [0.3, 0.4) is 0 Å². The van der Waals surface area contributed by atoms with Gasteiger partial charge in [0, 0.05) is 15.1 Å². The average Bonchev–Trinajstić information content (AvgIpc) is 2.91. The Morgan fingerprint density at radius 1 is 1.12 bits per heavy atom. The summed E-state index contributed by atoms with van der Waals surface area (Å²) in [5, 5.41) is 4.34. The lowest BCUT2D eigenvalue weighted by Crippen LogP contribution is -2.14. The first-order valence-corrected chi connectivity index (χ1v) is 8.93. The lowest BCUT2D eigenvalue weighted by molar-refractivity contribution is 0.0602. The van der Waals surface area contributed by atoms with Gasteiger partial charge in [0.2, 0.25) is 0 Å². The Morgan fingerprint density at radius 2 is 1.84 bits per heavy atom. The molecular weight excluding hydrogens is 405 g/mol. The molecule has 1 amide bonds. The number of benzene rings is 2. The first-order valence-electron chi connectivity index (χ1n) is 6.98. The maximum absolute atomic E-state index is 12.7. The van der Waals surface area contributed by atoms with E-state index < -0.39 is 11.9 Å². The number of nitrogens with one attached hydrogen (secondary N) is 1. The Hall–Kier alpha value is -1.79. The number of carbonyl (C=O) groups excluding carboxylic acids is 2. The van der Waals surface area contributed by atoms with E-state index in [0.717, 1.165) is 0 Å². The first kappa shape index (κ1) is 18.0. The van der Waals surface area contributed by atoms with E-state index in [1.54, 1.807) is 36.4 Å². The van der Waals surface area contributed by atoms with Crippen LogP contribution in [0.25, 0.3) is 10.1 Å². The SMILES string of the molecule is COC(=O)c1ccccc1NC(=O)c1sc2cc(Cl)cc(Cl)c2c1Cl. The number of para-hydroxylation sites is 1. The van der Waals surface area contributed by atoms with E-state index >= 15 is 0 Å². The molecule has 0 unspecified atom stereocenters. The molecule has 0 saturated carbocycles. The number of anilines is 1. The van der Waals surface area contributed by atoms with E-state index in [2.05, 4.69) is 5.32 Å². The van der Waals surface area contributed by atoms with Crippen molar-refractivity contribution in [1.29, 1.82) is 0 Å². The molecular formula is C17H10Cl3NO3S. The smallest absolute Gasteiger partial charge is 0.339 e. The molecule has 3 aromatic rings. The molecule has 0 bridgehead atoms.